The number of halogens is 1. The number of rotatable bonds is 4. The summed E-state index contributed by atoms with van der Waals surface area (Å²) in [6, 6.07) is 5.91. The van der Waals surface area contributed by atoms with Gasteiger partial charge in [-0.2, -0.15) is 0 Å². The number of likely N-dealkylation sites (tertiary alicyclic amines) is 1. The standard InChI is InChI=1S/C17H25ClN2S/c1-12(2)13-4-3-8-20(9-7-13)11-15-6-5-14(17(19)21)10-16(15)18/h5-6,10,12-13H,3-4,7-9,11H2,1-2H3,(H2,19,21). The maximum atomic E-state index is 6.37. The smallest absolute Gasteiger partial charge is 0.104 e. The third-order valence-corrected chi connectivity index (χ3v) is 5.13. The van der Waals surface area contributed by atoms with E-state index in [1.807, 2.05) is 12.1 Å². The van der Waals surface area contributed by atoms with Gasteiger partial charge in [0, 0.05) is 17.1 Å². The molecule has 1 aliphatic rings. The van der Waals surface area contributed by atoms with Crippen LogP contribution in [-0.4, -0.2) is 23.0 Å². The molecule has 1 aromatic carbocycles. The van der Waals surface area contributed by atoms with Gasteiger partial charge in [-0.05, 0) is 55.8 Å². The lowest BCUT2D eigenvalue weighted by Gasteiger charge is -2.22. The molecule has 2 rings (SSSR count). The molecular weight excluding hydrogens is 300 g/mol. The van der Waals surface area contributed by atoms with E-state index in [1.54, 1.807) is 0 Å². The molecule has 0 bridgehead atoms. The van der Waals surface area contributed by atoms with E-state index in [0.29, 0.717) is 4.99 Å². The van der Waals surface area contributed by atoms with E-state index in [0.717, 1.165) is 42.1 Å². The summed E-state index contributed by atoms with van der Waals surface area (Å²) in [4.78, 5) is 2.92. The second kappa shape index (κ2) is 7.57. The van der Waals surface area contributed by atoms with Crippen LogP contribution in [0, 0.1) is 11.8 Å². The van der Waals surface area contributed by atoms with Crippen LogP contribution in [-0.2, 0) is 6.54 Å². The van der Waals surface area contributed by atoms with Crippen molar-refractivity contribution in [1.82, 2.24) is 4.90 Å². The molecule has 21 heavy (non-hydrogen) atoms. The van der Waals surface area contributed by atoms with Crippen molar-refractivity contribution in [3.8, 4) is 0 Å². The van der Waals surface area contributed by atoms with Crippen molar-refractivity contribution in [3.63, 3.8) is 0 Å². The van der Waals surface area contributed by atoms with E-state index in [4.69, 9.17) is 29.6 Å². The van der Waals surface area contributed by atoms with E-state index in [1.165, 1.54) is 24.8 Å². The molecule has 1 heterocycles. The minimum atomic E-state index is 0.401. The molecule has 1 saturated heterocycles. The zero-order valence-electron chi connectivity index (χ0n) is 12.9. The lowest BCUT2D eigenvalue weighted by Crippen LogP contribution is -2.25. The summed E-state index contributed by atoms with van der Waals surface area (Å²) >= 11 is 11.4. The second-order valence-electron chi connectivity index (χ2n) is 6.38. The summed E-state index contributed by atoms with van der Waals surface area (Å²) in [6.07, 6.45) is 3.92. The number of hydrogen-bond donors (Lipinski definition) is 1. The van der Waals surface area contributed by atoms with Gasteiger partial charge < -0.3 is 5.73 Å². The molecule has 0 aromatic heterocycles. The van der Waals surface area contributed by atoms with E-state index in [9.17, 15) is 0 Å². The largest absolute Gasteiger partial charge is 0.389 e. The summed E-state index contributed by atoms with van der Waals surface area (Å²) < 4.78 is 0. The van der Waals surface area contributed by atoms with E-state index >= 15 is 0 Å². The maximum absolute atomic E-state index is 6.37. The molecule has 1 aromatic rings. The van der Waals surface area contributed by atoms with Crippen molar-refractivity contribution < 1.29 is 0 Å². The topological polar surface area (TPSA) is 29.3 Å². The van der Waals surface area contributed by atoms with Crippen molar-refractivity contribution in [2.45, 2.75) is 39.7 Å². The van der Waals surface area contributed by atoms with Gasteiger partial charge in [0.25, 0.3) is 0 Å². The molecule has 0 radical (unpaired) electrons. The van der Waals surface area contributed by atoms with Gasteiger partial charge in [-0.15, -0.1) is 0 Å². The van der Waals surface area contributed by atoms with Crippen LogP contribution in [0.25, 0.3) is 0 Å². The Labute approximate surface area is 138 Å². The molecule has 1 unspecified atom stereocenters. The number of nitrogens with two attached hydrogens (primary N) is 1. The number of nitrogens with zero attached hydrogens (tertiary/aromatic N) is 1. The Kier molecular flexibility index (Phi) is 6.03. The van der Waals surface area contributed by atoms with Gasteiger partial charge in [-0.1, -0.05) is 49.8 Å². The minimum absolute atomic E-state index is 0.401. The molecule has 2 N–H and O–H groups in total. The fourth-order valence-electron chi connectivity index (χ4n) is 3.08. The SMILES string of the molecule is CC(C)C1CCCN(Cc2ccc(C(N)=S)cc2Cl)CC1. The second-order valence-corrected chi connectivity index (χ2v) is 7.23. The highest BCUT2D eigenvalue weighted by molar-refractivity contribution is 7.80. The first-order chi connectivity index (χ1) is 9.97. The average molecular weight is 325 g/mol. The fourth-order valence-corrected chi connectivity index (χ4v) is 3.44. The zero-order chi connectivity index (χ0) is 15.4. The number of benzene rings is 1. The molecule has 116 valence electrons. The summed E-state index contributed by atoms with van der Waals surface area (Å²) in [5, 5.41) is 0.768. The predicted octanol–water partition coefficient (Wildman–Crippen LogP) is 4.23. The van der Waals surface area contributed by atoms with Gasteiger partial charge in [0.1, 0.15) is 4.99 Å². The third-order valence-electron chi connectivity index (χ3n) is 4.54. The molecule has 0 spiro atoms. The normalized spacial score (nSPS) is 20.5. The van der Waals surface area contributed by atoms with Crippen LogP contribution >= 0.6 is 23.8 Å². The van der Waals surface area contributed by atoms with Crippen molar-refractivity contribution in [2.75, 3.05) is 13.1 Å². The Morgan fingerprint density at radius 1 is 1.38 bits per heavy atom. The number of hydrogen-bond acceptors (Lipinski definition) is 2. The first-order valence-corrected chi connectivity index (χ1v) is 8.56. The molecule has 1 fully saturated rings. The monoisotopic (exact) mass is 324 g/mol. The van der Waals surface area contributed by atoms with Crippen LogP contribution in [0.15, 0.2) is 18.2 Å². The molecule has 0 saturated carbocycles. The van der Waals surface area contributed by atoms with Crippen LogP contribution in [0.3, 0.4) is 0 Å². The van der Waals surface area contributed by atoms with Crippen molar-refractivity contribution in [3.05, 3.63) is 34.3 Å². The highest BCUT2D eigenvalue weighted by atomic mass is 35.5. The molecule has 0 amide bonds. The van der Waals surface area contributed by atoms with Gasteiger partial charge in [-0.25, -0.2) is 0 Å². The zero-order valence-corrected chi connectivity index (χ0v) is 14.5. The number of thiocarbonyl (C=S) groups is 1. The van der Waals surface area contributed by atoms with Crippen LogP contribution < -0.4 is 5.73 Å². The minimum Gasteiger partial charge on any atom is -0.389 e. The fraction of sp³-hybridized carbons (Fsp3) is 0.588. The highest BCUT2D eigenvalue weighted by Gasteiger charge is 2.20. The van der Waals surface area contributed by atoms with E-state index in [2.05, 4.69) is 24.8 Å². The highest BCUT2D eigenvalue weighted by Crippen LogP contribution is 2.26. The van der Waals surface area contributed by atoms with Gasteiger partial charge in [0.15, 0.2) is 0 Å². The Hall–Kier alpha value is -0.640. The maximum Gasteiger partial charge on any atom is 0.104 e. The summed E-state index contributed by atoms with van der Waals surface area (Å²) in [5.74, 6) is 1.65. The first kappa shape index (κ1) is 16.7. The van der Waals surface area contributed by atoms with Gasteiger partial charge >= 0.3 is 0 Å². The van der Waals surface area contributed by atoms with Crippen LogP contribution in [0.5, 0.6) is 0 Å². The molecular formula is C17H25ClN2S. The van der Waals surface area contributed by atoms with Crippen molar-refractivity contribution >= 4 is 28.8 Å². The summed E-state index contributed by atoms with van der Waals surface area (Å²) in [7, 11) is 0. The lowest BCUT2D eigenvalue weighted by atomic mass is 9.89. The molecule has 1 aliphatic heterocycles. The first-order valence-electron chi connectivity index (χ1n) is 7.78. The molecule has 2 nitrogen and oxygen atoms in total. The molecule has 0 aliphatic carbocycles. The Morgan fingerprint density at radius 3 is 2.76 bits per heavy atom. The van der Waals surface area contributed by atoms with Crippen LogP contribution in [0.2, 0.25) is 5.02 Å². The van der Waals surface area contributed by atoms with Crippen LogP contribution in [0.1, 0.15) is 44.2 Å². The van der Waals surface area contributed by atoms with Crippen LogP contribution in [0.4, 0.5) is 0 Å². The van der Waals surface area contributed by atoms with Crippen molar-refractivity contribution in [1.29, 1.82) is 0 Å². The molecule has 1 atom stereocenters. The molecule has 4 heteroatoms. The van der Waals surface area contributed by atoms with E-state index in [-0.39, 0.29) is 0 Å². The Bertz CT molecular complexity index is 502. The predicted molar refractivity (Wildman–Crippen MR) is 94.8 cm³/mol. The third kappa shape index (κ3) is 4.67. The summed E-state index contributed by atoms with van der Waals surface area (Å²) in [6.45, 7) is 7.92. The van der Waals surface area contributed by atoms with Gasteiger partial charge in [0.05, 0.1) is 0 Å². The Balaban J connectivity index is 2.00. The quantitative estimate of drug-likeness (QED) is 0.840. The average Bonchev–Trinajstić information content (AvgIpc) is 2.66. The van der Waals surface area contributed by atoms with Gasteiger partial charge in [0.2, 0.25) is 0 Å². The van der Waals surface area contributed by atoms with Gasteiger partial charge in [-0.3, -0.25) is 4.90 Å². The summed E-state index contributed by atoms with van der Waals surface area (Å²) in [5.41, 5.74) is 7.65. The van der Waals surface area contributed by atoms with E-state index < -0.39 is 0 Å². The lowest BCUT2D eigenvalue weighted by molar-refractivity contribution is 0.265. The Morgan fingerprint density at radius 2 is 2.14 bits per heavy atom. The van der Waals surface area contributed by atoms with Crippen molar-refractivity contribution in [2.24, 2.45) is 17.6 Å².